The minimum absolute atomic E-state index is 0.0758. The van der Waals surface area contributed by atoms with Gasteiger partial charge in [0.15, 0.2) is 46.9 Å². The van der Waals surface area contributed by atoms with Crippen molar-refractivity contribution in [1.82, 2.24) is 0 Å². The Bertz CT molecular complexity index is 1350. The second-order valence-electron chi connectivity index (χ2n) is 8.91. The van der Waals surface area contributed by atoms with Gasteiger partial charge in [0.2, 0.25) is 5.82 Å². The third-order valence-electron chi connectivity index (χ3n) is 6.04. The second kappa shape index (κ2) is 12.0. The van der Waals surface area contributed by atoms with E-state index in [9.17, 15) is 39.5 Å². The first-order valence-electron chi connectivity index (χ1n) is 12.0. The van der Waals surface area contributed by atoms with Gasteiger partial charge in [0, 0.05) is 29.2 Å². The fraction of sp³-hybridized carbons (Fsp3) is 0.333. The molecule has 0 saturated carbocycles. The number of alkyl halides is 2. The van der Waals surface area contributed by atoms with Crippen LogP contribution >= 0.6 is 0 Å². The van der Waals surface area contributed by atoms with Crippen LogP contribution in [0.25, 0.3) is 11.1 Å². The maximum absolute atomic E-state index is 14.8. The molecule has 4 nitrogen and oxygen atoms in total. The highest BCUT2D eigenvalue weighted by molar-refractivity contribution is 5.66. The van der Waals surface area contributed by atoms with E-state index >= 15 is 0 Å². The molecule has 0 aromatic heterocycles. The molecule has 1 heterocycles. The summed E-state index contributed by atoms with van der Waals surface area (Å²) in [6.45, 7) is 2.53. The Morgan fingerprint density at radius 2 is 1.35 bits per heavy atom. The van der Waals surface area contributed by atoms with E-state index in [0.717, 1.165) is 25.0 Å². The Morgan fingerprint density at radius 1 is 0.775 bits per heavy atom. The molecule has 1 aliphatic rings. The van der Waals surface area contributed by atoms with Gasteiger partial charge in [0.05, 0.1) is 13.2 Å². The molecule has 0 radical (unpaired) electrons. The van der Waals surface area contributed by atoms with Gasteiger partial charge in [-0.2, -0.15) is 13.2 Å². The van der Waals surface area contributed by atoms with Crippen molar-refractivity contribution in [3.63, 3.8) is 0 Å². The first kappa shape index (κ1) is 29.5. The number of benzene rings is 3. The molecule has 0 amide bonds. The van der Waals surface area contributed by atoms with Crippen LogP contribution in [0, 0.1) is 46.6 Å². The second-order valence-corrected chi connectivity index (χ2v) is 8.91. The molecular formula is C27H21F9O4. The predicted octanol–water partition coefficient (Wildman–Crippen LogP) is 7.62. The summed E-state index contributed by atoms with van der Waals surface area (Å²) in [5, 5.41) is 0. The Labute approximate surface area is 222 Å². The number of hydrogen-bond acceptors (Lipinski definition) is 4. The highest BCUT2D eigenvalue weighted by atomic mass is 19.3. The average molecular weight is 580 g/mol. The highest BCUT2D eigenvalue weighted by Gasteiger charge is 2.40. The van der Waals surface area contributed by atoms with Gasteiger partial charge in [-0.15, -0.1) is 0 Å². The van der Waals surface area contributed by atoms with Crippen LogP contribution in [0.5, 0.6) is 11.5 Å². The van der Waals surface area contributed by atoms with Crippen molar-refractivity contribution in [3.8, 4) is 22.6 Å². The van der Waals surface area contributed by atoms with Gasteiger partial charge in [-0.25, -0.2) is 26.3 Å². The van der Waals surface area contributed by atoms with Crippen molar-refractivity contribution in [3.05, 3.63) is 82.7 Å². The van der Waals surface area contributed by atoms with Crippen molar-refractivity contribution in [2.24, 2.45) is 5.92 Å². The van der Waals surface area contributed by atoms with E-state index in [-0.39, 0.29) is 24.7 Å². The highest BCUT2D eigenvalue weighted by Crippen LogP contribution is 2.39. The molecule has 0 bridgehead atoms. The summed E-state index contributed by atoms with van der Waals surface area (Å²) >= 11 is 0. The predicted molar refractivity (Wildman–Crippen MR) is 122 cm³/mol. The summed E-state index contributed by atoms with van der Waals surface area (Å²) in [5.41, 5.74) is -3.46. The molecule has 0 atom stereocenters. The molecule has 0 N–H and O–H groups in total. The van der Waals surface area contributed by atoms with Crippen LogP contribution in [0.2, 0.25) is 0 Å². The van der Waals surface area contributed by atoms with Crippen molar-refractivity contribution in [2.45, 2.75) is 32.2 Å². The fourth-order valence-electron chi connectivity index (χ4n) is 4.04. The molecule has 0 aliphatic carbocycles. The number of hydrogen-bond donors (Lipinski definition) is 0. The van der Waals surface area contributed by atoms with Gasteiger partial charge in [-0.1, -0.05) is 19.4 Å². The van der Waals surface area contributed by atoms with Crippen LogP contribution in [0.3, 0.4) is 0 Å². The molecule has 13 heteroatoms. The van der Waals surface area contributed by atoms with Gasteiger partial charge < -0.3 is 18.9 Å². The summed E-state index contributed by atoms with van der Waals surface area (Å²) < 4.78 is 148. The van der Waals surface area contributed by atoms with E-state index in [4.69, 9.17) is 14.2 Å². The molecule has 3 aromatic carbocycles. The first-order valence-corrected chi connectivity index (χ1v) is 12.0. The summed E-state index contributed by atoms with van der Waals surface area (Å²) in [6, 6.07) is 2.78. The van der Waals surface area contributed by atoms with Gasteiger partial charge in [0.25, 0.3) is 0 Å². The summed E-state index contributed by atoms with van der Waals surface area (Å²) in [5.74, 6) is -14.7. The molecule has 1 saturated heterocycles. The number of halogens is 9. The zero-order valence-electron chi connectivity index (χ0n) is 20.7. The van der Waals surface area contributed by atoms with Crippen LogP contribution in [-0.2, 0) is 15.6 Å². The van der Waals surface area contributed by atoms with Crippen LogP contribution in [0.1, 0.15) is 25.3 Å². The molecule has 3 aromatic rings. The van der Waals surface area contributed by atoms with E-state index in [1.165, 1.54) is 0 Å². The number of ether oxygens (including phenoxy) is 4. The summed E-state index contributed by atoms with van der Waals surface area (Å²) in [4.78, 5) is 0. The third kappa shape index (κ3) is 6.15. The lowest BCUT2D eigenvalue weighted by Gasteiger charge is -2.29. The normalized spacial score (nSPS) is 17.6. The largest absolute Gasteiger partial charge is 0.485 e. The van der Waals surface area contributed by atoms with E-state index < -0.39 is 81.3 Å². The molecule has 40 heavy (non-hydrogen) atoms. The van der Waals surface area contributed by atoms with Crippen LogP contribution < -0.4 is 9.47 Å². The zero-order valence-corrected chi connectivity index (χ0v) is 20.7. The Morgan fingerprint density at radius 3 is 1.95 bits per heavy atom. The molecule has 0 unspecified atom stereocenters. The lowest BCUT2D eigenvalue weighted by atomic mass is 10.0. The van der Waals surface area contributed by atoms with Crippen molar-refractivity contribution in [1.29, 1.82) is 0 Å². The van der Waals surface area contributed by atoms with E-state index in [1.807, 2.05) is 6.92 Å². The van der Waals surface area contributed by atoms with E-state index in [0.29, 0.717) is 25.3 Å². The van der Waals surface area contributed by atoms with E-state index in [2.05, 4.69) is 4.74 Å². The smallest absolute Gasteiger partial charge is 0.429 e. The number of rotatable bonds is 9. The Kier molecular flexibility index (Phi) is 8.83. The fourth-order valence-corrected chi connectivity index (χ4v) is 4.04. The zero-order chi connectivity index (χ0) is 29.2. The van der Waals surface area contributed by atoms with E-state index in [1.54, 1.807) is 0 Å². The van der Waals surface area contributed by atoms with Gasteiger partial charge in [-0.3, -0.25) is 0 Å². The minimum Gasteiger partial charge on any atom is -0.485 e. The van der Waals surface area contributed by atoms with Crippen molar-refractivity contribution in [2.75, 3.05) is 19.8 Å². The Balaban J connectivity index is 1.52. The SMILES string of the molecule is CCCC1COC(COc2ccc(-c3ccc(C(F)(F)Oc4cc(F)c(F)c(F)c4)c(F)c3F)c(F)c2F)OC1. The van der Waals surface area contributed by atoms with Crippen LogP contribution in [-0.4, -0.2) is 26.1 Å². The maximum Gasteiger partial charge on any atom is 0.429 e. The molecule has 216 valence electrons. The monoisotopic (exact) mass is 580 g/mol. The summed E-state index contributed by atoms with van der Waals surface area (Å²) in [6.07, 6.45) is -3.70. The van der Waals surface area contributed by atoms with Crippen LogP contribution in [0.4, 0.5) is 39.5 Å². The lowest BCUT2D eigenvalue weighted by molar-refractivity contribution is -0.212. The molecule has 1 fully saturated rings. The third-order valence-corrected chi connectivity index (χ3v) is 6.04. The molecule has 0 spiro atoms. The minimum atomic E-state index is -4.71. The van der Waals surface area contributed by atoms with Crippen molar-refractivity contribution >= 4 is 0 Å². The Hall–Kier alpha value is -3.45. The lowest BCUT2D eigenvalue weighted by Crippen LogP contribution is -2.35. The summed E-state index contributed by atoms with van der Waals surface area (Å²) in [7, 11) is 0. The van der Waals surface area contributed by atoms with Gasteiger partial charge in [-0.05, 0) is 24.6 Å². The van der Waals surface area contributed by atoms with Crippen LogP contribution in [0.15, 0.2) is 36.4 Å². The maximum atomic E-state index is 14.8. The standard InChI is InChI=1S/C27H21F9O4/c1-2-3-13-10-38-21(39-11-13)12-37-20-7-5-16(23(31)26(20)34)15-4-6-17(24(32)22(15)30)27(35,36)40-14-8-18(28)25(33)19(29)9-14/h4-9,13,21H,2-3,10-12H2,1H3. The van der Waals surface area contributed by atoms with Gasteiger partial charge in [0.1, 0.15) is 17.9 Å². The topological polar surface area (TPSA) is 36.9 Å². The van der Waals surface area contributed by atoms with Crippen molar-refractivity contribution < 1.29 is 58.5 Å². The molecule has 4 rings (SSSR count). The molecular weight excluding hydrogens is 559 g/mol. The first-order chi connectivity index (χ1) is 18.9. The van der Waals surface area contributed by atoms with Gasteiger partial charge >= 0.3 is 6.11 Å². The average Bonchev–Trinajstić information content (AvgIpc) is 2.90. The molecule has 1 aliphatic heterocycles. The quantitative estimate of drug-likeness (QED) is 0.193.